The molecule has 4 rings (SSSR count). The zero-order chi connectivity index (χ0) is 18.6. The zero-order valence-corrected chi connectivity index (χ0v) is 15.9. The molecule has 27 heavy (non-hydrogen) atoms. The van der Waals surface area contributed by atoms with E-state index in [4.69, 9.17) is 21.4 Å². The summed E-state index contributed by atoms with van der Waals surface area (Å²) in [6.07, 6.45) is 5.58. The van der Waals surface area contributed by atoms with Gasteiger partial charge in [0.1, 0.15) is 5.76 Å². The Morgan fingerprint density at radius 2 is 2.15 bits per heavy atom. The van der Waals surface area contributed by atoms with Gasteiger partial charge in [-0.25, -0.2) is 0 Å². The molecule has 140 valence electrons. The molecule has 0 radical (unpaired) electrons. The van der Waals surface area contributed by atoms with Gasteiger partial charge in [0.25, 0.3) is 0 Å². The van der Waals surface area contributed by atoms with Gasteiger partial charge in [0, 0.05) is 31.7 Å². The third-order valence-corrected chi connectivity index (χ3v) is 5.16. The minimum Gasteiger partial charge on any atom is -0.467 e. The molecule has 7 heteroatoms. The fourth-order valence-corrected chi connectivity index (χ4v) is 3.86. The van der Waals surface area contributed by atoms with Crippen LogP contribution in [0.25, 0.3) is 0 Å². The normalized spacial score (nSPS) is 19.4. The van der Waals surface area contributed by atoms with Gasteiger partial charge in [-0.2, -0.15) is 0 Å². The summed E-state index contributed by atoms with van der Waals surface area (Å²) in [6.45, 7) is 2.03. The molecule has 0 bridgehead atoms. The molecule has 1 aliphatic heterocycles. The molecule has 6 nitrogen and oxygen atoms in total. The van der Waals surface area contributed by atoms with E-state index in [-0.39, 0.29) is 12.1 Å². The van der Waals surface area contributed by atoms with Gasteiger partial charge < -0.3 is 23.9 Å². The van der Waals surface area contributed by atoms with Gasteiger partial charge in [-0.1, -0.05) is 6.07 Å². The van der Waals surface area contributed by atoms with E-state index in [1.54, 1.807) is 13.4 Å². The van der Waals surface area contributed by atoms with Crippen molar-refractivity contribution in [3.63, 3.8) is 0 Å². The predicted molar refractivity (Wildman–Crippen MR) is 106 cm³/mol. The summed E-state index contributed by atoms with van der Waals surface area (Å²) >= 11 is 5.68. The van der Waals surface area contributed by atoms with Crippen LogP contribution in [-0.4, -0.2) is 33.3 Å². The lowest BCUT2D eigenvalue weighted by molar-refractivity contribution is 0.183. The molecule has 3 aromatic rings. The van der Waals surface area contributed by atoms with Crippen molar-refractivity contribution in [1.82, 2.24) is 19.8 Å². The lowest BCUT2D eigenvalue weighted by Gasteiger charge is -2.28. The van der Waals surface area contributed by atoms with Gasteiger partial charge >= 0.3 is 0 Å². The van der Waals surface area contributed by atoms with Crippen LogP contribution in [0.3, 0.4) is 0 Å². The summed E-state index contributed by atoms with van der Waals surface area (Å²) in [5.41, 5.74) is 2.13. The first kappa shape index (κ1) is 17.8. The Hall–Kier alpha value is -2.64. The Kier molecular flexibility index (Phi) is 5.22. The molecule has 0 aliphatic carbocycles. The molecule has 0 amide bonds. The van der Waals surface area contributed by atoms with Crippen molar-refractivity contribution in [2.45, 2.75) is 25.2 Å². The average molecular weight is 382 g/mol. The van der Waals surface area contributed by atoms with Gasteiger partial charge in [0.05, 0.1) is 37.2 Å². The van der Waals surface area contributed by atoms with Crippen molar-refractivity contribution in [2.75, 3.05) is 13.7 Å². The SMILES string of the molecule is COCCn1cccc1[C@@H]1[C@@H](c2ccccn2)NC(=S)N1Cc1ccco1. The number of nitrogens with zero attached hydrogens (tertiary/aromatic N) is 3. The molecule has 1 aliphatic rings. The van der Waals surface area contributed by atoms with Crippen molar-refractivity contribution < 1.29 is 9.15 Å². The lowest BCUT2D eigenvalue weighted by atomic mass is 10.0. The molecule has 1 saturated heterocycles. The number of hydrogen-bond donors (Lipinski definition) is 1. The summed E-state index contributed by atoms with van der Waals surface area (Å²) in [5, 5.41) is 4.16. The quantitative estimate of drug-likeness (QED) is 0.633. The second-order valence-corrected chi connectivity index (χ2v) is 6.84. The van der Waals surface area contributed by atoms with Crippen LogP contribution in [-0.2, 0) is 17.8 Å². The summed E-state index contributed by atoms with van der Waals surface area (Å²) < 4.78 is 13.1. The minimum atomic E-state index is -0.0372. The maximum atomic E-state index is 5.68. The van der Waals surface area contributed by atoms with Crippen LogP contribution in [0.2, 0.25) is 0 Å². The van der Waals surface area contributed by atoms with Crippen LogP contribution in [0.4, 0.5) is 0 Å². The Balaban J connectivity index is 1.72. The highest BCUT2D eigenvalue weighted by Crippen LogP contribution is 2.39. The number of methoxy groups -OCH3 is 1. The Morgan fingerprint density at radius 1 is 1.22 bits per heavy atom. The number of aromatic nitrogens is 2. The monoisotopic (exact) mass is 382 g/mol. The van der Waals surface area contributed by atoms with Crippen molar-refractivity contribution in [2.24, 2.45) is 0 Å². The molecule has 2 atom stereocenters. The molecular formula is C20H22N4O2S. The van der Waals surface area contributed by atoms with Crippen LogP contribution < -0.4 is 5.32 Å². The number of nitrogens with one attached hydrogen (secondary N) is 1. The van der Waals surface area contributed by atoms with Crippen LogP contribution in [0, 0.1) is 0 Å². The lowest BCUT2D eigenvalue weighted by Crippen LogP contribution is -2.30. The molecule has 4 heterocycles. The van der Waals surface area contributed by atoms with E-state index in [1.807, 2.05) is 36.5 Å². The van der Waals surface area contributed by atoms with Gasteiger partial charge in [-0.3, -0.25) is 4.98 Å². The smallest absolute Gasteiger partial charge is 0.170 e. The van der Waals surface area contributed by atoms with Gasteiger partial charge in [0.2, 0.25) is 0 Å². The van der Waals surface area contributed by atoms with Crippen molar-refractivity contribution >= 4 is 17.3 Å². The van der Waals surface area contributed by atoms with Gasteiger partial charge in [-0.05, 0) is 48.6 Å². The Bertz CT molecular complexity index is 879. The number of pyridine rings is 1. The first-order valence-corrected chi connectivity index (χ1v) is 9.33. The first-order chi connectivity index (χ1) is 13.3. The fraction of sp³-hybridized carbons (Fsp3) is 0.300. The molecule has 0 spiro atoms. The summed E-state index contributed by atoms with van der Waals surface area (Å²) in [5.74, 6) is 0.876. The Morgan fingerprint density at radius 3 is 2.89 bits per heavy atom. The second-order valence-electron chi connectivity index (χ2n) is 6.45. The van der Waals surface area contributed by atoms with E-state index in [0.29, 0.717) is 18.3 Å². The zero-order valence-electron chi connectivity index (χ0n) is 15.1. The summed E-state index contributed by atoms with van der Waals surface area (Å²) in [6, 6.07) is 14.0. The molecule has 1 N–H and O–H groups in total. The molecule has 0 unspecified atom stereocenters. The third-order valence-electron chi connectivity index (χ3n) is 4.81. The highest BCUT2D eigenvalue weighted by Gasteiger charge is 2.41. The molecule has 1 fully saturated rings. The van der Waals surface area contributed by atoms with E-state index in [1.165, 1.54) is 5.69 Å². The molecule has 0 saturated carbocycles. The molecular weight excluding hydrogens is 360 g/mol. The average Bonchev–Trinajstić information content (AvgIpc) is 3.42. The minimum absolute atomic E-state index is 0.00403. The van der Waals surface area contributed by atoms with E-state index in [2.05, 4.69) is 38.1 Å². The van der Waals surface area contributed by atoms with Crippen LogP contribution in [0.1, 0.15) is 29.2 Å². The second kappa shape index (κ2) is 7.94. The molecule has 3 aromatic heterocycles. The van der Waals surface area contributed by atoms with Crippen LogP contribution >= 0.6 is 12.2 Å². The van der Waals surface area contributed by atoms with E-state index < -0.39 is 0 Å². The maximum Gasteiger partial charge on any atom is 0.170 e. The van der Waals surface area contributed by atoms with Crippen molar-refractivity contribution in [3.8, 4) is 0 Å². The van der Waals surface area contributed by atoms with Crippen molar-refractivity contribution in [3.05, 3.63) is 78.3 Å². The molecule has 0 aromatic carbocycles. The topological polar surface area (TPSA) is 55.5 Å². The van der Waals surface area contributed by atoms with E-state index in [0.717, 1.165) is 18.0 Å². The number of hydrogen-bond acceptors (Lipinski definition) is 4. The summed E-state index contributed by atoms with van der Waals surface area (Å²) in [7, 11) is 1.72. The predicted octanol–water partition coefficient (Wildman–Crippen LogP) is 3.30. The number of ether oxygens (including phenoxy) is 1. The van der Waals surface area contributed by atoms with Gasteiger partial charge in [-0.15, -0.1) is 0 Å². The van der Waals surface area contributed by atoms with Crippen molar-refractivity contribution in [1.29, 1.82) is 0 Å². The van der Waals surface area contributed by atoms with Crippen LogP contribution in [0.5, 0.6) is 0 Å². The standard InChI is InChI=1S/C20H22N4O2S/c1-25-13-11-23-10-4-8-17(23)19-18(16-7-2-3-9-21-16)22-20(27)24(19)14-15-6-5-12-26-15/h2-10,12,18-19H,11,13-14H2,1H3,(H,22,27)/t18-,19-/m1/s1. The van der Waals surface area contributed by atoms with E-state index in [9.17, 15) is 0 Å². The van der Waals surface area contributed by atoms with E-state index >= 15 is 0 Å². The number of thiocarbonyl (C=S) groups is 1. The highest BCUT2D eigenvalue weighted by atomic mass is 32.1. The first-order valence-electron chi connectivity index (χ1n) is 8.92. The number of furan rings is 1. The highest BCUT2D eigenvalue weighted by molar-refractivity contribution is 7.80. The fourth-order valence-electron chi connectivity index (χ4n) is 3.56. The Labute approximate surface area is 163 Å². The van der Waals surface area contributed by atoms with Crippen LogP contribution in [0.15, 0.2) is 65.5 Å². The largest absolute Gasteiger partial charge is 0.467 e. The van der Waals surface area contributed by atoms with Gasteiger partial charge in [0.15, 0.2) is 5.11 Å². The number of rotatable bonds is 7. The third kappa shape index (κ3) is 3.61. The maximum absolute atomic E-state index is 5.68. The summed E-state index contributed by atoms with van der Waals surface area (Å²) in [4.78, 5) is 6.75.